The molecule has 0 saturated carbocycles. The first-order chi connectivity index (χ1) is 26.6. The predicted octanol–water partition coefficient (Wildman–Crippen LogP) is 8.69. The number of rotatable bonds is 38. The van der Waals surface area contributed by atoms with Crippen molar-refractivity contribution in [2.24, 2.45) is 0 Å². The van der Waals surface area contributed by atoms with Gasteiger partial charge in [0.2, 0.25) is 0 Å². The van der Waals surface area contributed by atoms with Gasteiger partial charge in [-0.25, -0.2) is 4.18 Å². The van der Waals surface area contributed by atoms with E-state index in [9.17, 15) is 28.5 Å². The molecular formula is C42H80O12S. The fraction of sp³-hybridized carbons (Fsp3) is 0.929. The molecule has 0 radical (unpaired) electrons. The van der Waals surface area contributed by atoms with E-state index in [1.165, 1.54) is 116 Å². The quantitative estimate of drug-likeness (QED) is 0.0202. The summed E-state index contributed by atoms with van der Waals surface area (Å²) in [4.78, 5) is 12.8. The molecule has 1 aliphatic rings. The molecule has 6 atom stereocenters. The van der Waals surface area contributed by atoms with E-state index in [1.807, 2.05) is 0 Å². The Morgan fingerprint density at radius 2 is 1.15 bits per heavy atom. The summed E-state index contributed by atoms with van der Waals surface area (Å²) in [5.41, 5.74) is 0. The van der Waals surface area contributed by atoms with E-state index in [-0.39, 0.29) is 19.6 Å². The molecule has 0 aliphatic carbocycles. The van der Waals surface area contributed by atoms with Gasteiger partial charge in [-0.15, -0.1) is 0 Å². The van der Waals surface area contributed by atoms with Crippen LogP contribution in [0.25, 0.3) is 0 Å². The van der Waals surface area contributed by atoms with Crippen molar-refractivity contribution < 1.29 is 56.2 Å². The molecule has 0 bridgehead atoms. The number of carbonyl (C=O) groups is 1. The van der Waals surface area contributed by atoms with Crippen LogP contribution >= 0.6 is 0 Å². The molecule has 1 heterocycles. The largest absolute Gasteiger partial charge is 0.457 e. The van der Waals surface area contributed by atoms with Crippen LogP contribution in [0.1, 0.15) is 187 Å². The van der Waals surface area contributed by atoms with E-state index in [1.54, 1.807) is 0 Å². The number of carbonyl (C=O) groups excluding carboxylic acids is 1. The maximum absolute atomic E-state index is 12.8. The zero-order chi connectivity index (χ0) is 40.4. The highest BCUT2D eigenvalue weighted by molar-refractivity contribution is 7.80. The minimum absolute atomic E-state index is 0.0368. The molecule has 1 saturated heterocycles. The van der Waals surface area contributed by atoms with E-state index in [4.69, 9.17) is 23.5 Å². The molecule has 55 heavy (non-hydrogen) atoms. The molecule has 0 aromatic carbocycles. The van der Waals surface area contributed by atoms with Crippen LogP contribution in [-0.4, -0.2) is 97.5 Å². The summed E-state index contributed by atoms with van der Waals surface area (Å²) >= 11 is 0. The Balaban J connectivity index is 2.44. The number of hydrogen-bond donors (Lipinski definition) is 4. The van der Waals surface area contributed by atoms with Crippen molar-refractivity contribution in [2.75, 3.05) is 26.4 Å². The van der Waals surface area contributed by atoms with Crippen LogP contribution in [0, 0.1) is 0 Å². The highest BCUT2D eigenvalue weighted by Crippen LogP contribution is 2.26. The Morgan fingerprint density at radius 1 is 0.673 bits per heavy atom. The summed E-state index contributed by atoms with van der Waals surface area (Å²) in [6, 6.07) is 0. The number of hydrogen-bond acceptors (Lipinski definition) is 11. The Labute approximate surface area is 334 Å². The lowest BCUT2D eigenvalue weighted by Crippen LogP contribution is -2.60. The van der Waals surface area contributed by atoms with E-state index in [0.29, 0.717) is 13.0 Å². The van der Waals surface area contributed by atoms with Gasteiger partial charge in [-0.1, -0.05) is 154 Å². The van der Waals surface area contributed by atoms with Crippen LogP contribution in [-0.2, 0) is 38.3 Å². The molecule has 0 spiro atoms. The van der Waals surface area contributed by atoms with E-state index >= 15 is 0 Å². The monoisotopic (exact) mass is 809 g/mol. The van der Waals surface area contributed by atoms with E-state index < -0.39 is 59.8 Å². The van der Waals surface area contributed by atoms with Gasteiger partial charge in [0.15, 0.2) is 6.29 Å². The average molecular weight is 809 g/mol. The molecule has 326 valence electrons. The summed E-state index contributed by atoms with van der Waals surface area (Å²) in [5.74, 6) is -0.400. The highest BCUT2D eigenvalue weighted by Gasteiger charge is 2.48. The second-order valence-corrected chi connectivity index (χ2v) is 16.3. The summed E-state index contributed by atoms with van der Waals surface area (Å²) in [6.45, 7) is 3.98. The van der Waals surface area contributed by atoms with E-state index in [2.05, 4.69) is 30.2 Å². The molecule has 13 heteroatoms. The molecule has 1 rings (SSSR count). The molecule has 1 aliphatic heterocycles. The van der Waals surface area contributed by atoms with Gasteiger partial charge in [0, 0.05) is 13.0 Å². The average Bonchev–Trinajstić information content (AvgIpc) is 3.15. The predicted molar refractivity (Wildman–Crippen MR) is 216 cm³/mol. The fourth-order valence-electron chi connectivity index (χ4n) is 6.78. The first-order valence-corrected chi connectivity index (χ1v) is 23.3. The van der Waals surface area contributed by atoms with Crippen LogP contribution in [0.2, 0.25) is 0 Å². The van der Waals surface area contributed by atoms with Crippen LogP contribution in [0.15, 0.2) is 12.2 Å². The molecule has 0 amide bonds. The first-order valence-electron chi connectivity index (χ1n) is 21.9. The van der Waals surface area contributed by atoms with Crippen LogP contribution < -0.4 is 0 Å². The third-order valence-electron chi connectivity index (χ3n) is 10.1. The number of esters is 1. The summed E-state index contributed by atoms with van der Waals surface area (Å²) in [6.07, 6.45) is 26.7. The maximum Gasteiger partial charge on any atom is 0.397 e. The highest BCUT2D eigenvalue weighted by atomic mass is 32.3. The summed E-state index contributed by atoms with van der Waals surface area (Å²) in [5, 5.41) is 30.6. The minimum atomic E-state index is -5.06. The van der Waals surface area contributed by atoms with Crippen molar-refractivity contribution in [3.63, 3.8) is 0 Å². The van der Waals surface area contributed by atoms with Crippen molar-refractivity contribution in [1.82, 2.24) is 0 Å². The van der Waals surface area contributed by atoms with Crippen molar-refractivity contribution in [1.29, 1.82) is 0 Å². The zero-order valence-corrected chi connectivity index (χ0v) is 35.3. The first kappa shape index (κ1) is 51.9. The van der Waals surface area contributed by atoms with Gasteiger partial charge < -0.3 is 34.3 Å². The number of ether oxygens (including phenoxy) is 4. The van der Waals surface area contributed by atoms with Gasteiger partial charge in [-0.05, 0) is 38.5 Å². The molecule has 4 N–H and O–H groups in total. The Kier molecular flexibility index (Phi) is 32.9. The van der Waals surface area contributed by atoms with Gasteiger partial charge in [0.05, 0.1) is 19.8 Å². The zero-order valence-electron chi connectivity index (χ0n) is 34.5. The van der Waals surface area contributed by atoms with Gasteiger partial charge in [-0.2, -0.15) is 8.42 Å². The summed E-state index contributed by atoms with van der Waals surface area (Å²) in [7, 11) is -5.06. The third kappa shape index (κ3) is 28.8. The SMILES string of the molecule is CCCCCCCC/C=C\CCCCCCCCOCC(COC1OC(CO)C(O)C(OS(=O)(=O)O)C1O)OC(=O)CCCCCCCCCCCCCC. The van der Waals surface area contributed by atoms with Crippen LogP contribution in [0.3, 0.4) is 0 Å². The number of aliphatic hydroxyl groups is 3. The minimum Gasteiger partial charge on any atom is -0.457 e. The van der Waals surface area contributed by atoms with Crippen LogP contribution in [0.4, 0.5) is 0 Å². The van der Waals surface area contributed by atoms with Crippen molar-refractivity contribution >= 4 is 16.4 Å². The molecule has 0 aromatic rings. The topological polar surface area (TPSA) is 178 Å². The number of allylic oxidation sites excluding steroid dienone is 2. The lowest BCUT2D eigenvalue weighted by atomic mass is 9.99. The molecule has 0 aromatic heterocycles. The second kappa shape index (κ2) is 34.8. The lowest BCUT2D eigenvalue weighted by Gasteiger charge is -2.41. The lowest BCUT2D eigenvalue weighted by molar-refractivity contribution is -0.301. The standard InChI is InChI=1S/C42H80O12S/c1-3-5-7-9-11-13-15-17-18-19-20-22-24-26-28-30-32-50-34-36(52-38(44)31-29-27-25-23-21-16-14-12-10-8-6-4-2)35-51-42-40(46)41(54-55(47,48)49)39(45)37(33-43)53-42/h17-18,36-37,39-43,45-46H,3-16,19-35H2,1-2H3,(H,47,48,49)/b18-17-. The van der Waals surface area contributed by atoms with Crippen LogP contribution in [0.5, 0.6) is 0 Å². The van der Waals surface area contributed by atoms with Crippen molar-refractivity contribution in [3.8, 4) is 0 Å². The second-order valence-electron chi connectivity index (χ2n) is 15.3. The fourth-order valence-corrected chi connectivity index (χ4v) is 7.29. The Bertz CT molecular complexity index is 1030. The summed E-state index contributed by atoms with van der Waals surface area (Å²) < 4.78 is 58.9. The van der Waals surface area contributed by atoms with E-state index in [0.717, 1.165) is 44.9 Å². The smallest absolute Gasteiger partial charge is 0.397 e. The van der Waals surface area contributed by atoms with Gasteiger partial charge in [-0.3, -0.25) is 9.35 Å². The molecule has 6 unspecified atom stereocenters. The Hall–Kier alpha value is -1.16. The maximum atomic E-state index is 12.8. The van der Waals surface area contributed by atoms with Gasteiger partial charge in [0.1, 0.15) is 30.5 Å². The van der Waals surface area contributed by atoms with Gasteiger partial charge in [0.25, 0.3) is 0 Å². The number of unbranched alkanes of at least 4 members (excludes halogenated alkanes) is 23. The number of aliphatic hydroxyl groups excluding tert-OH is 3. The van der Waals surface area contributed by atoms with Gasteiger partial charge >= 0.3 is 16.4 Å². The van der Waals surface area contributed by atoms with Crippen molar-refractivity contribution in [3.05, 3.63) is 12.2 Å². The van der Waals surface area contributed by atoms with Crippen molar-refractivity contribution in [2.45, 2.75) is 224 Å². The molecule has 1 fully saturated rings. The molecule has 12 nitrogen and oxygen atoms in total. The molecular weight excluding hydrogens is 729 g/mol. The third-order valence-corrected chi connectivity index (χ3v) is 10.6. The normalized spacial score (nSPS) is 21.0. The Morgan fingerprint density at radius 3 is 1.64 bits per heavy atom.